The van der Waals surface area contributed by atoms with E-state index in [1.807, 2.05) is 30.0 Å². The Balaban J connectivity index is 2.46. The Morgan fingerprint density at radius 3 is 2.94 bits per heavy atom. The van der Waals surface area contributed by atoms with E-state index in [0.717, 1.165) is 34.6 Å². The Labute approximate surface area is 110 Å². The monoisotopic (exact) mass is 303 g/mol. The molecule has 0 aliphatic heterocycles. The fourth-order valence-corrected chi connectivity index (χ4v) is 2.49. The highest BCUT2D eigenvalue weighted by molar-refractivity contribution is 9.10. The Bertz CT molecular complexity index is 320. The van der Waals surface area contributed by atoms with Crippen molar-refractivity contribution < 1.29 is 4.74 Å². The molecule has 16 heavy (non-hydrogen) atoms. The SMILES string of the molecule is CCSCCCOc1c(Br)cccc1CN. The molecule has 90 valence electrons. The van der Waals surface area contributed by atoms with Crippen LogP contribution in [0.3, 0.4) is 0 Å². The van der Waals surface area contributed by atoms with Gasteiger partial charge in [-0.3, -0.25) is 0 Å². The molecule has 0 aliphatic carbocycles. The van der Waals surface area contributed by atoms with Gasteiger partial charge in [-0.2, -0.15) is 11.8 Å². The first-order valence-corrected chi connectivity index (χ1v) is 7.42. The molecule has 0 heterocycles. The van der Waals surface area contributed by atoms with Gasteiger partial charge in [0.25, 0.3) is 0 Å². The maximum absolute atomic E-state index is 5.77. The molecule has 1 rings (SSSR count). The molecule has 2 nitrogen and oxygen atoms in total. The van der Waals surface area contributed by atoms with E-state index >= 15 is 0 Å². The average Bonchev–Trinajstić information content (AvgIpc) is 2.30. The number of halogens is 1. The minimum Gasteiger partial charge on any atom is -0.492 e. The second-order valence-corrected chi connectivity index (χ2v) is 5.58. The number of thioether (sulfide) groups is 1. The molecule has 0 bridgehead atoms. The van der Waals surface area contributed by atoms with Crippen molar-refractivity contribution in [3.63, 3.8) is 0 Å². The standard InChI is InChI=1S/C12H18BrNOS/c1-2-16-8-4-7-15-12-10(9-14)5-3-6-11(12)13/h3,5-6H,2,4,7-9,14H2,1H3. The zero-order valence-electron chi connectivity index (χ0n) is 9.54. The predicted molar refractivity (Wildman–Crippen MR) is 75.1 cm³/mol. The van der Waals surface area contributed by atoms with Gasteiger partial charge in [0, 0.05) is 12.1 Å². The third kappa shape index (κ3) is 4.36. The summed E-state index contributed by atoms with van der Waals surface area (Å²) in [5.41, 5.74) is 6.72. The van der Waals surface area contributed by atoms with Crippen LogP contribution in [0.15, 0.2) is 22.7 Å². The summed E-state index contributed by atoms with van der Waals surface area (Å²) < 4.78 is 6.75. The molecule has 0 atom stereocenters. The molecule has 0 spiro atoms. The van der Waals surface area contributed by atoms with Crippen LogP contribution >= 0.6 is 27.7 Å². The van der Waals surface area contributed by atoms with Gasteiger partial charge in [-0.05, 0) is 39.9 Å². The molecular weight excluding hydrogens is 286 g/mol. The number of rotatable bonds is 7. The lowest BCUT2D eigenvalue weighted by molar-refractivity contribution is 0.313. The molecule has 0 unspecified atom stereocenters. The number of ether oxygens (including phenoxy) is 1. The van der Waals surface area contributed by atoms with Crippen LogP contribution in [-0.2, 0) is 6.54 Å². The lowest BCUT2D eigenvalue weighted by Gasteiger charge is -2.11. The Hall–Kier alpha value is -0.190. The first kappa shape index (κ1) is 13.9. The summed E-state index contributed by atoms with van der Waals surface area (Å²) in [5.74, 6) is 3.22. The van der Waals surface area contributed by atoms with Gasteiger partial charge in [-0.15, -0.1) is 0 Å². The molecule has 0 radical (unpaired) electrons. The number of benzene rings is 1. The normalized spacial score (nSPS) is 10.4. The number of nitrogens with two attached hydrogens (primary N) is 1. The molecule has 1 aromatic rings. The number of hydrogen-bond acceptors (Lipinski definition) is 3. The van der Waals surface area contributed by atoms with Gasteiger partial charge in [-0.25, -0.2) is 0 Å². The van der Waals surface area contributed by atoms with Crippen molar-refractivity contribution in [3.05, 3.63) is 28.2 Å². The van der Waals surface area contributed by atoms with Crippen molar-refractivity contribution in [2.24, 2.45) is 5.73 Å². The molecule has 0 amide bonds. The summed E-state index contributed by atoms with van der Waals surface area (Å²) in [6.07, 6.45) is 1.07. The largest absolute Gasteiger partial charge is 0.492 e. The van der Waals surface area contributed by atoms with E-state index in [0.29, 0.717) is 6.54 Å². The fraction of sp³-hybridized carbons (Fsp3) is 0.500. The maximum Gasteiger partial charge on any atom is 0.137 e. The van der Waals surface area contributed by atoms with Crippen molar-refractivity contribution in [2.45, 2.75) is 19.9 Å². The van der Waals surface area contributed by atoms with Crippen molar-refractivity contribution in [1.82, 2.24) is 0 Å². The van der Waals surface area contributed by atoms with Gasteiger partial charge in [-0.1, -0.05) is 19.1 Å². The summed E-state index contributed by atoms with van der Waals surface area (Å²) in [4.78, 5) is 0. The van der Waals surface area contributed by atoms with Crippen LogP contribution in [-0.4, -0.2) is 18.1 Å². The fourth-order valence-electron chi connectivity index (χ4n) is 1.36. The lowest BCUT2D eigenvalue weighted by Crippen LogP contribution is -2.05. The minimum absolute atomic E-state index is 0.512. The topological polar surface area (TPSA) is 35.2 Å². The average molecular weight is 304 g/mol. The molecule has 0 aliphatic rings. The van der Waals surface area contributed by atoms with E-state index in [1.165, 1.54) is 5.75 Å². The second kappa shape index (κ2) is 7.98. The van der Waals surface area contributed by atoms with Gasteiger partial charge in [0.2, 0.25) is 0 Å². The summed E-state index contributed by atoms with van der Waals surface area (Å²) in [6.45, 7) is 3.44. The zero-order chi connectivity index (χ0) is 11.8. The van der Waals surface area contributed by atoms with E-state index in [-0.39, 0.29) is 0 Å². The van der Waals surface area contributed by atoms with E-state index in [4.69, 9.17) is 10.5 Å². The highest BCUT2D eigenvalue weighted by Gasteiger charge is 2.06. The van der Waals surface area contributed by atoms with E-state index < -0.39 is 0 Å². The quantitative estimate of drug-likeness (QED) is 0.784. The molecular formula is C12H18BrNOS. The van der Waals surface area contributed by atoms with Crippen LogP contribution < -0.4 is 10.5 Å². The highest BCUT2D eigenvalue weighted by Crippen LogP contribution is 2.28. The first-order valence-electron chi connectivity index (χ1n) is 5.47. The van der Waals surface area contributed by atoms with Gasteiger partial charge >= 0.3 is 0 Å². The minimum atomic E-state index is 0.512. The third-order valence-electron chi connectivity index (χ3n) is 2.15. The molecule has 4 heteroatoms. The van der Waals surface area contributed by atoms with Crippen LogP contribution in [0.1, 0.15) is 18.9 Å². The lowest BCUT2D eigenvalue weighted by atomic mass is 10.2. The Morgan fingerprint density at radius 1 is 1.44 bits per heavy atom. The van der Waals surface area contributed by atoms with Gasteiger partial charge in [0.05, 0.1) is 11.1 Å². The maximum atomic E-state index is 5.77. The van der Waals surface area contributed by atoms with Crippen molar-refractivity contribution >= 4 is 27.7 Å². The first-order chi connectivity index (χ1) is 7.79. The molecule has 0 aromatic heterocycles. The van der Waals surface area contributed by atoms with Crippen LogP contribution in [0.5, 0.6) is 5.75 Å². The van der Waals surface area contributed by atoms with E-state index in [9.17, 15) is 0 Å². The van der Waals surface area contributed by atoms with Crippen LogP contribution in [0.25, 0.3) is 0 Å². The van der Waals surface area contributed by atoms with Crippen LogP contribution in [0, 0.1) is 0 Å². The van der Waals surface area contributed by atoms with Crippen LogP contribution in [0.4, 0.5) is 0 Å². The summed E-state index contributed by atoms with van der Waals surface area (Å²) in [6, 6.07) is 5.96. The Kier molecular flexibility index (Phi) is 6.92. The van der Waals surface area contributed by atoms with Crippen LogP contribution in [0.2, 0.25) is 0 Å². The zero-order valence-corrected chi connectivity index (χ0v) is 11.9. The van der Waals surface area contributed by atoms with Gasteiger partial charge < -0.3 is 10.5 Å². The summed E-state index contributed by atoms with van der Waals surface area (Å²) in [7, 11) is 0. The number of para-hydroxylation sites is 1. The van der Waals surface area contributed by atoms with Gasteiger partial charge in [0.15, 0.2) is 0 Å². The highest BCUT2D eigenvalue weighted by atomic mass is 79.9. The smallest absolute Gasteiger partial charge is 0.137 e. The second-order valence-electron chi connectivity index (χ2n) is 3.33. The predicted octanol–water partition coefficient (Wildman–Crippen LogP) is 3.43. The summed E-state index contributed by atoms with van der Waals surface area (Å²) in [5, 5.41) is 0. The molecule has 2 N–H and O–H groups in total. The summed E-state index contributed by atoms with van der Waals surface area (Å²) >= 11 is 5.43. The molecule has 1 aromatic carbocycles. The molecule has 0 saturated carbocycles. The van der Waals surface area contributed by atoms with E-state index in [2.05, 4.69) is 22.9 Å². The van der Waals surface area contributed by atoms with Gasteiger partial charge in [0.1, 0.15) is 5.75 Å². The van der Waals surface area contributed by atoms with E-state index in [1.54, 1.807) is 0 Å². The Morgan fingerprint density at radius 2 is 2.25 bits per heavy atom. The number of hydrogen-bond donors (Lipinski definition) is 1. The van der Waals surface area contributed by atoms with Crippen molar-refractivity contribution in [1.29, 1.82) is 0 Å². The third-order valence-corrected chi connectivity index (χ3v) is 3.76. The molecule has 0 saturated heterocycles. The molecule has 0 fully saturated rings. The van der Waals surface area contributed by atoms with Crippen molar-refractivity contribution in [2.75, 3.05) is 18.1 Å². The van der Waals surface area contributed by atoms with Crippen molar-refractivity contribution in [3.8, 4) is 5.75 Å².